The zero-order valence-corrected chi connectivity index (χ0v) is 14.5. The largest absolute Gasteiger partial charge is 0.481 e. The van der Waals surface area contributed by atoms with E-state index < -0.39 is 0 Å². The van der Waals surface area contributed by atoms with Gasteiger partial charge in [-0.3, -0.25) is 10.7 Å². The second-order valence-corrected chi connectivity index (χ2v) is 5.44. The maximum Gasteiger partial charge on any atom is 0.233 e. The van der Waals surface area contributed by atoms with Crippen LogP contribution in [0.25, 0.3) is 0 Å². The lowest BCUT2D eigenvalue weighted by Crippen LogP contribution is -2.22. The van der Waals surface area contributed by atoms with Gasteiger partial charge in [-0.2, -0.15) is 4.98 Å². The molecule has 1 aromatic heterocycles. The molecule has 7 heteroatoms. The highest BCUT2D eigenvalue weighted by atomic mass is 16.5. The molecular weight excluding hydrogens is 330 g/mol. The van der Waals surface area contributed by atoms with Crippen LogP contribution in [0.2, 0.25) is 0 Å². The molecule has 0 bridgehead atoms. The molecule has 0 aliphatic heterocycles. The minimum absolute atomic E-state index is 0.0366. The first-order valence-corrected chi connectivity index (χ1v) is 7.97. The van der Waals surface area contributed by atoms with E-state index in [4.69, 9.17) is 14.9 Å². The highest BCUT2D eigenvalue weighted by molar-refractivity contribution is 6.00. The maximum absolute atomic E-state index is 8.07. The average Bonchev–Trinajstić information content (AvgIpc) is 2.62. The van der Waals surface area contributed by atoms with Crippen LogP contribution < -0.4 is 20.1 Å². The van der Waals surface area contributed by atoms with Gasteiger partial charge in [0, 0.05) is 23.5 Å². The van der Waals surface area contributed by atoms with Crippen molar-refractivity contribution in [2.75, 3.05) is 17.7 Å². The van der Waals surface area contributed by atoms with Crippen LogP contribution in [0.15, 0.2) is 60.7 Å². The second kappa shape index (κ2) is 7.98. The van der Waals surface area contributed by atoms with Crippen LogP contribution >= 0.6 is 0 Å². The maximum atomic E-state index is 8.07. The van der Waals surface area contributed by atoms with Crippen molar-refractivity contribution in [3.05, 3.63) is 66.4 Å². The predicted molar refractivity (Wildman–Crippen MR) is 101 cm³/mol. The van der Waals surface area contributed by atoms with Gasteiger partial charge in [0.15, 0.2) is 5.96 Å². The Bertz CT molecular complexity index is 899. The van der Waals surface area contributed by atoms with E-state index in [-0.39, 0.29) is 11.9 Å². The van der Waals surface area contributed by atoms with Gasteiger partial charge in [-0.1, -0.05) is 24.3 Å². The number of aryl methyl sites for hydroxylation is 1. The lowest BCUT2D eigenvalue weighted by atomic mass is 10.3. The Morgan fingerprint density at radius 3 is 2.46 bits per heavy atom. The zero-order valence-electron chi connectivity index (χ0n) is 14.5. The van der Waals surface area contributed by atoms with Gasteiger partial charge in [-0.15, -0.1) is 0 Å². The molecule has 0 atom stereocenters. The molecule has 0 amide bonds. The summed E-state index contributed by atoms with van der Waals surface area (Å²) in [5.74, 6) is 2.18. The molecule has 0 unspecified atom stereocenters. The normalized spacial score (nSPS) is 10.1. The number of nitrogens with one attached hydrogen (secondary N) is 3. The van der Waals surface area contributed by atoms with Crippen LogP contribution in [0.5, 0.6) is 17.4 Å². The molecule has 132 valence electrons. The van der Waals surface area contributed by atoms with Crippen LogP contribution in [-0.4, -0.2) is 23.0 Å². The Labute approximate surface area is 151 Å². The summed E-state index contributed by atoms with van der Waals surface area (Å²) in [6.07, 6.45) is 0. The molecule has 3 rings (SSSR count). The van der Waals surface area contributed by atoms with Crippen molar-refractivity contribution in [1.29, 1.82) is 5.41 Å². The summed E-state index contributed by atoms with van der Waals surface area (Å²) in [6, 6.07) is 18.6. The highest BCUT2D eigenvalue weighted by Gasteiger charge is 2.06. The first-order chi connectivity index (χ1) is 12.6. The monoisotopic (exact) mass is 349 g/mol. The van der Waals surface area contributed by atoms with Crippen molar-refractivity contribution in [2.24, 2.45) is 0 Å². The Hall–Kier alpha value is -3.61. The molecule has 0 aliphatic carbocycles. The van der Waals surface area contributed by atoms with E-state index in [9.17, 15) is 0 Å². The Morgan fingerprint density at radius 1 is 0.923 bits per heavy atom. The third-order valence-electron chi connectivity index (χ3n) is 3.36. The van der Waals surface area contributed by atoms with Crippen molar-refractivity contribution < 1.29 is 9.47 Å². The fraction of sp³-hybridized carbons (Fsp3) is 0.105. The average molecular weight is 349 g/mol. The molecular formula is C19H19N5O2. The Balaban J connectivity index is 1.66. The molecule has 26 heavy (non-hydrogen) atoms. The van der Waals surface area contributed by atoms with Gasteiger partial charge >= 0.3 is 0 Å². The van der Waals surface area contributed by atoms with Crippen molar-refractivity contribution in [3.63, 3.8) is 0 Å². The summed E-state index contributed by atoms with van der Waals surface area (Å²) in [4.78, 5) is 8.39. The lowest BCUT2D eigenvalue weighted by Gasteiger charge is -2.12. The van der Waals surface area contributed by atoms with Crippen LogP contribution in [0, 0.1) is 12.3 Å². The quantitative estimate of drug-likeness (QED) is 0.475. The first-order valence-electron chi connectivity index (χ1n) is 7.97. The van der Waals surface area contributed by atoms with Gasteiger partial charge in [-0.05, 0) is 31.2 Å². The van der Waals surface area contributed by atoms with E-state index in [0.29, 0.717) is 17.3 Å². The van der Waals surface area contributed by atoms with E-state index in [1.54, 1.807) is 12.1 Å². The van der Waals surface area contributed by atoms with Gasteiger partial charge in [0.05, 0.1) is 7.11 Å². The summed E-state index contributed by atoms with van der Waals surface area (Å²) in [6.45, 7) is 1.83. The Kier molecular flexibility index (Phi) is 5.28. The molecule has 0 spiro atoms. The van der Waals surface area contributed by atoms with E-state index in [1.165, 1.54) is 7.11 Å². The number of ether oxygens (including phenoxy) is 2. The number of aromatic nitrogens is 2. The lowest BCUT2D eigenvalue weighted by molar-refractivity contribution is 0.397. The molecule has 0 saturated carbocycles. The zero-order chi connectivity index (χ0) is 18.4. The van der Waals surface area contributed by atoms with Crippen molar-refractivity contribution in [1.82, 2.24) is 9.97 Å². The van der Waals surface area contributed by atoms with Crippen LogP contribution in [0.4, 0.5) is 11.6 Å². The summed E-state index contributed by atoms with van der Waals surface area (Å²) in [5.41, 5.74) is 1.45. The third kappa shape index (κ3) is 4.70. The summed E-state index contributed by atoms with van der Waals surface area (Å²) in [5, 5.41) is 13.8. The number of anilines is 2. The summed E-state index contributed by atoms with van der Waals surface area (Å²) >= 11 is 0. The molecule has 0 saturated heterocycles. The number of rotatable bonds is 5. The Morgan fingerprint density at radius 2 is 1.69 bits per heavy atom. The minimum atomic E-state index is 0.0366. The summed E-state index contributed by atoms with van der Waals surface area (Å²) in [7, 11) is 1.54. The second-order valence-electron chi connectivity index (χ2n) is 5.44. The molecule has 7 nitrogen and oxygen atoms in total. The molecule has 2 aromatic carbocycles. The van der Waals surface area contributed by atoms with Gasteiger partial charge in [0.2, 0.25) is 11.8 Å². The number of methoxy groups -OCH3 is 1. The van der Waals surface area contributed by atoms with E-state index >= 15 is 0 Å². The van der Waals surface area contributed by atoms with E-state index in [2.05, 4.69) is 20.6 Å². The SMILES string of the molecule is COc1cc(C)nc(NC(=N)Nc2cccc(Oc3ccccc3)c2)n1. The number of benzene rings is 2. The predicted octanol–water partition coefficient (Wildman–Crippen LogP) is 4.04. The van der Waals surface area contributed by atoms with Crippen LogP contribution in [0.3, 0.4) is 0 Å². The van der Waals surface area contributed by atoms with E-state index in [1.807, 2.05) is 55.5 Å². The topological polar surface area (TPSA) is 92.2 Å². The molecule has 0 aliphatic rings. The highest BCUT2D eigenvalue weighted by Crippen LogP contribution is 2.23. The van der Waals surface area contributed by atoms with Crippen molar-refractivity contribution in [2.45, 2.75) is 6.92 Å². The number of guanidine groups is 1. The van der Waals surface area contributed by atoms with Gasteiger partial charge in [-0.25, -0.2) is 4.98 Å². The van der Waals surface area contributed by atoms with Crippen LogP contribution in [-0.2, 0) is 0 Å². The fourth-order valence-electron chi connectivity index (χ4n) is 2.25. The third-order valence-corrected chi connectivity index (χ3v) is 3.36. The van der Waals surface area contributed by atoms with Gasteiger partial charge in [0.1, 0.15) is 11.5 Å². The molecule has 0 radical (unpaired) electrons. The summed E-state index contributed by atoms with van der Waals surface area (Å²) < 4.78 is 10.9. The van der Waals surface area contributed by atoms with Gasteiger partial charge in [0.25, 0.3) is 0 Å². The van der Waals surface area contributed by atoms with Crippen molar-refractivity contribution >= 4 is 17.6 Å². The standard InChI is InChI=1S/C19H19N5O2/c1-13-11-17(25-2)23-19(21-13)24-18(20)22-14-7-6-10-16(12-14)26-15-8-4-3-5-9-15/h3-12H,1-2H3,(H3,20,21,22,23,24). The number of hydrogen-bond donors (Lipinski definition) is 3. The molecule has 3 aromatic rings. The first kappa shape index (κ1) is 17.2. The van der Waals surface area contributed by atoms with Crippen molar-refractivity contribution in [3.8, 4) is 17.4 Å². The van der Waals surface area contributed by atoms with Gasteiger partial charge < -0.3 is 14.8 Å². The number of para-hydroxylation sites is 1. The fourth-order valence-corrected chi connectivity index (χ4v) is 2.25. The molecule has 0 fully saturated rings. The van der Waals surface area contributed by atoms with E-state index in [0.717, 1.165) is 11.4 Å². The number of hydrogen-bond acceptors (Lipinski definition) is 5. The molecule has 3 N–H and O–H groups in total. The molecule has 1 heterocycles. The van der Waals surface area contributed by atoms with Crippen LogP contribution in [0.1, 0.15) is 5.69 Å². The minimum Gasteiger partial charge on any atom is -0.481 e. The smallest absolute Gasteiger partial charge is 0.233 e. The number of nitrogens with zero attached hydrogens (tertiary/aromatic N) is 2.